The smallest absolute Gasteiger partial charge is 0.235 e. The molecular weight excluding hydrogens is 397 g/mol. The van der Waals surface area contributed by atoms with Crippen molar-refractivity contribution in [3.8, 4) is 5.75 Å². The lowest BCUT2D eigenvalue weighted by atomic mass is 10.0. The number of benzene rings is 2. The van der Waals surface area contributed by atoms with E-state index in [1.807, 2.05) is 0 Å². The first kappa shape index (κ1) is 19.0. The quantitative estimate of drug-likeness (QED) is 0.685. The van der Waals surface area contributed by atoms with Gasteiger partial charge in [0.15, 0.2) is 5.78 Å². The van der Waals surface area contributed by atoms with E-state index in [0.717, 1.165) is 5.56 Å². The van der Waals surface area contributed by atoms with Gasteiger partial charge in [-0.05, 0) is 48.7 Å². The lowest BCUT2D eigenvalue weighted by molar-refractivity contribution is 0.0993. The fourth-order valence-electron chi connectivity index (χ4n) is 2.51. The standard InChI is InChI=1S/C18H17Cl2NO4S/c1-25-18-7-3-12(10-16(18)21-26(23,24)13-4-5-13)17(22)9-11-2-6-14(19)15(20)8-11/h2-3,6-8,10,13,21H,4-5,9H2,1H3. The van der Waals surface area contributed by atoms with Crippen molar-refractivity contribution in [1.82, 2.24) is 0 Å². The Morgan fingerprint density at radius 1 is 1.15 bits per heavy atom. The number of ketones is 1. The summed E-state index contributed by atoms with van der Waals surface area (Å²) in [5.74, 6) is 0.193. The highest BCUT2D eigenvalue weighted by atomic mass is 35.5. The molecule has 0 atom stereocenters. The SMILES string of the molecule is COc1ccc(C(=O)Cc2ccc(Cl)c(Cl)c2)cc1NS(=O)(=O)C1CC1. The van der Waals surface area contributed by atoms with Crippen LogP contribution in [0.15, 0.2) is 36.4 Å². The number of Topliss-reactive ketones (excluding diaryl/α,β-unsaturated/α-hetero) is 1. The monoisotopic (exact) mass is 413 g/mol. The van der Waals surface area contributed by atoms with E-state index in [1.54, 1.807) is 30.3 Å². The highest BCUT2D eigenvalue weighted by Crippen LogP contribution is 2.33. The van der Waals surface area contributed by atoms with Crippen LogP contribution in [0.3, 0.4) is 0 Å². The molecule has 1 aliphatic rings. The van der Waals surface area contributed by atoms with Crippen molar-refractivity contribution in [2.24, 2.45) is 0 Å². The molecule has 1 fully saturated rings. The van der Waals surface area contributed by atoms with Crippen molar-refractivity contribution in [3.63, 3.8) is 0 Å². The summed E-state index contributed by atoms with van der Waals surface area (Å²) in [6, 6.07) is 9.68. The summed E-state index contributed by atoms with van der Waals surface area (Å²) >= 11 is 11.9. The maximum Gasteiger partial charge on any atom is 0.235 e. The van der Waals surface area contributed by atoms with Gasteiger partial charge in [0.25, 0.3) is 0 Å². The third kappa shape index (κ3) is 4.31. The molecule has 0 unspecified atom stereocenters. The van der Waals surface area contributed by atoms with Crippen LogP contribution in [0.25, 0.3) is 0 Å². The summed E-state index contributed by atoms with van der Waals surface area (Å²) in [6.45, 7) is 0. The van der Waals surface area contributed by atoms with Gasteiger partial charge in [0.05, 0.1) is 28.1 Å². The number of hydrogen-bond acceptors (Lipinski definition) is 4. The first-order valence-corrected chi connectivity index (χ1v) is 10.3. The van der Waals surface area contributed by atoms with Crippen LogP contribution >= 0.6 is 23.2 Å². The van der Waals surface area contributed by atoms with E-state index in [9.17, 15) is 13.2 Å². The van der Waals surface area contributed by atoms with Gasteiger partial charge in [-0.25, -0.2) is 8.42 Å². The largest absolute Gasteiger partial charge is 0.495 e. The number of carbonyl (C=O) groups excluding carboxylic acids is 1. The molecule has 0 saturated heterocycles. The van der Waals surface area contributed by atoms with Gasteiger partial charge in [0, 0.05) is 12.0 Å². The van der Waals surface area contributed by atoms with Gasteiger partial charge in [-0.3, -0.25) is 9.52 Å². The Kier molecular flexibility index (Phi) is 5.46. The maximum atomic E-state index is 12.6. The van der Waals surface area contributed by atoms with E-state index in [2.05, 4.69) is 4.72 Å². The molecule has 3 rings (SSSR count). The fraction of sp³-hybridized carbons (Fsp3) is 0.278. The second-order valence-electron chi connectivity index (χ2n) is 6.11. The number of hydrogen-bond donors (Lipinski definition) is 1. The van der Waals surface area contributed by atoms with Crippen molar-refractivity contribution in [2.75, 3.05) is 11.8 Å². The summed E-state index contributed by atoms with van der Waals surface area (Å²) < 4.78 is 32.1. The molecule has 1 saturated carbocycles. The van der Waals surface area contributed by atoms with Crippen LogP contribution < -0.4 is 9.46 Å². The molecule has 138 valence electrons. The number of nitrogens with one attached hydrogen (secondary N) is 1. The van der Waals surface area contributed by atoms with Crippen LogP contribution in [-0.4, -0.2) is 26.6 Å². The Bertz CT molecular complexity index is 956. The van der Waals surface area contributed by atoms with Gasteiger partial charge < -0.3 is 4.74 Å². The van der Waals surface area contributed by atoms with Gasteiger partial charge in [0.2, 0.25) is 10.0 Å². The first-order chi connectivity index (χ1) is 12.3. The molecule has 2 aromatic carbocycles. The second-order valence-corrected chi connectivity index (χ2v) is 8.89. The van der Waals surface area contributed by atoms with E-state index in [-0.39, 0.29) is 23.1 Å². The molecule has 0 bridgehead atoms. The third-order valence-corrected chi connectivity index (χ3v) is 6.68. The van der Waals surface area contributed by atoms with E-state index >= 15 is 0 Å². The molecule has 8 heteroatoms. The Morgan fingerprint density at radius 2 is 1.88 bits per heavy atom. The van der Waals surface area contributed by atoms with Gasteiger partial charge in [-0.15, -0.1) is 0 Å². The van der Waals surface area contributed by atoms with Gasteiger partial charge in [-0.1, -0.05) is 29.3 Å². The Morgan fingerprint density at radius 3 is 2.50 bits per heavy atom. The van der Waals surface area contributed by atoms with Crippen LogP contribution in [0.4, 0.5) is 5.69 Å². The molecule has 2 aromatic rings. The molecule has 0 spiro atoms. The van der Waals surface area contributed by atoms with Crippen LogP contribution in [-0.2, 0) is 16.4 Å². The second kappa shape index (κ2) is 7.47. The lowest BCUT2D eigenvalue weighted by Gasteiger charge is -2.13. The van der Waals surface area contributed by atoms with Gasteiger partial charge in [0.1, 0.15) is 5.75 Å². The van der Waals surface area contributed by atoms with E-state index in [4.69, 9.17) is 27.9 Å². The van der Waals surface area contributed by atoms with Crippen LogP contribution in [0, 0.1) is 0 Å². The zero-order valence-electron chi connectivity index (χ0n) is 14.0. The predicted molar refractivity (Wildman–Crippen MR) is 103 cm³/mol. The van der Waals surface area contributed by atoms with E-state index in [1.165, 1.54) is 13.2 Å². The van der Waals surface area contributed by atoms with Crippen molar-refractivity contribution in [3.05, 3.63) is 57.6 Å². The molecule has 0 aromatic heterocycles. The lowest BCUT2D eigenvalue weighted by Crippen LogP contribution is -2.18. The number of rotatable bonds is 7. The Hall–Kier alpha value is -1.76. The fourth-order valence-corrected chi connectivity index (χ4v) is 4.22. The van der Waals surface area contributed by atoms with E-state index in [0.29, 0.717) is 34.2 Å². The molecule has 0 heterocycles. The molecule has 1 aliphatic carbocycles. The summed E-state index contributed by atoms with van der Waals surface area (Å²) in [5.41, 5.74) is 1.37. The first-order valence-electron chi connectivity index (χ1n) is 7.97. The highest BCUT2D eigenvalue weighted by Gasteiger charge is 2.36. The molecule has 0 aliphatic heterocycles. The van der Waals surface area contributed by atoms with Crippen LogP contribution in [0.2, 0.25) is 10.0 Å². The number of carbonyl (C=O) groups is 1. The number of sulfonamides is 1. The molecule has 5 nitrogen and oxygen atoms in total. The van der Waals surface area contributed by atoms with Crippen LogP contribution in [0.1, 0.15) is 28.8 Å². The maximum absolute atomic E-state index is 12.6. The van der Waals surface area contributed by atoms with Crippen molar-refractivity contribution < 1.29 is 17.9 Å². The van der Waals surface area contributed by atoms with Gasteiger partial charge in [-0.2, -0.15) is 0 Å². The molecule has 1 N–H and O–H groups in total. The minimum absolute atomic E-state index is 0.123. The minimum Gasteiger partial charge on any atom is -0.495 e. The van der Waals surface area contributed by atoms with Crippen molar-refractivity contribution in [1.29, 1.82) is 0 Å². The van der Waals surface area contributed by atoms with Crippen molar-refractivity contribution >= 4 is 44.7 Å². The summed E-state index contributed by atoms with van der Waals surface area (Å²) in [5, 5.41) is 0.427. The molecular formula is C18H17Cl2NO4S. The normalized spacial score (nSPS) is 14.1. The minimum atomic E-state index is -3.46. The summed E-state index contributed by atoms with van der Waals surface area (Å²) in [4.78, 5) is 12.6. The topological polar surface area (TPSA) is 72.5 Å². The number of halogens is 2. The molecule has 0 radical (unpaired) electrons. The summed E-state index contributed by atoms with van der Waals surface area (Å²) in [7, 11) is -2.01. The predicted octanol–water partition coefficient (Wildman–Crippen LogP) is 4.33. The number of methoxy groups -OCH3 is 1. The Labute approximate surface area is 162 Å². The zero-order valence-corrected chi connectivity index (χ0v) is 16.3. The third-order valence-electron chi connectivity index (χ3n) is 4.09. The zero-order chi connectivity index (χ0) is 18.9. The molecule has 0 amide bonds. The average Bonchev–Trinajstić information content (AvgIpc) is 3.43. The van der Waals surface area contributed by atoms with Crippen molar-refractivity contribution in [2.45, 2.75) is 24.5 Å². The highest BCUT2D eigenvalue weighted by molar-refractivity contribution is 7.93. The number of ether oxygens (including phenoxy) is 1. The molecule has 26 heavy (non-hydrogen) atoms. The summed E-state index contributed by atoms with van der Waals surface area (Å²) in [6.07, 6.45) is 1.42. The number of anilines is 1. The Balaban J connectivity index is 1.84. The average molecular weight is 414 g/mol. The van der Waals surface area contributed by atoms with Crippen LogP contribution in [0.5, 0.6) is 5.75 Å². The van der Waals surface area contributed by atoms with Gasteiger partial charge >= 0.3 is 0 Å². The van der Waals surface area contributed by atoms with E-state index < -0.39 is 10.0 Å².